The van der Waals surface area contributed by atoms with E-state index in [9.17, 15) is 18.0 Å². The van der Waals surface area contributed by atoms with Crippen molar-refractivity contribution in [1.29, 1.82) is 0 Å². The summed E-state index contributed by atoms with van der Waals surface area (Å²) in [6, 6.07) is 10.2. The molecule has 0 aliphatic carbocycles. The lowest BCUT2D eigenvalue weighted by molar-refractivity contribution is -0.117. The minimum atomic E-state index is -4.17. The van der Waals surface area contributed by atoms with Crippen LogP contribution in [0.1, 0.15) is 32.5 Å². The van der Waals surface area contributed by atoms with Crippen molar-refractivity contribution in [2.75, 3.05) is 6.54 Å². The Balaban J connectivity index is 2.08. The number of amides is 1. The van der Waals surface area contributed by atoms with Crippen LogP contribution in [0, 0.1) is 0 Å². The smallest absolute Gasteiger partial charge is 0.264 e. The van der Waals surface area contributed by atoms with Gasteiger partial charge < -0.3 is 10.6 Å². The summed E-state index contributed by atoms with van der Waals surface area (Å²) in [5, 5.41) is 0.357. The summed E-state index contributed by atoms with van der Waals surface area (Å²) in [5.41, 5.74) is 8.91. The number of sulfone groups is 1. The number of nitrogens with two attached hydrogens (primary N) is 2. The van der Waals surface area contributed by atoms with E-state index in [4.69, 9.17) is 11.6 Å². The third-order valence-electron chi connectivity index (χ3n) is 5.00. The molecule has 0 radical (unpaired) electrons. The highest BCUT2D eigenvalue weighted by molar-refractivity contribution is 7.95. The number of carbonyl (C=O) groups excluding carboxylic acids is 2. The molecule has 10 heteroatoms. The molecule has 1 aromatic carbocycles. The van der Waals surface area contributed by atoms with Crippen molar-refractivity contribution in [2.45, 2.75) is 18.2 Å². The van der Waals surface area contributed by atoms with E-state index < -0.39 is 21.0 Å². The molecule has 2 aromatic rings. The number of carbonyl (C=O) groups is 2. The number of nitrogens with one attached hydrogen (secondary N) is 1. The Hall–Kier alpha value is -3.05. The second-order valence-corrected chi connectivity index (χ2v) is 9.95. The Labute approximate surface area is 190 Å². The van der Waals surface area contributed by atoms with Gasteiger partial charge in [-0.05, 0) is 22.6 Å². The SMILES string of the molecule is C=CC(c1ccc(CN)cc1)S(=O)(=O)C1=C(C(=O)NN)CC=CN1CC(=O)c1cccs1. The summed E-state index contributed by atoms with van der Waals surface area (Å²) in [4.78, 5) is 27.0. The van der Waals surface area contributed by atoms with E-state index in [-0.39, 0.29) is 29.4 Å². The van der Waals surface area contributed by atoms with Crippen molar-refractivity contribution in [2.24, 2.45) is 11.6 Å². The fourth-order valence-electron chi connectivity index (χ4n) is 3.44. The molecule has 168 valence electrons. The van der Waals surface area contributed by atoms with Crippen LogP contribution in [0.5, 0.6) is 0 Å². The monoisotopic (exact) mass is 472 g/mol. The third-order valence-corrected chi connectivity index (χ3v) is 8.07. The molecule has 0 saturated heterocycles. The highest BCUT2D eigenvalue weighted by atomic mass is 32.2. The molecule has 2 heterocycles. The van der Waals surface area contributed by atoms with Gasteiger partial charge in [-0.15, -0.1) is 17.9 Å². The molecule has 8 nitrogen and oxygen atoms in total. The lowest BCUT2D eigenvalue weighted by Gasteiger charge is -2.30. The van der Waals surface area contributed by atoms with Crippen molar-refractivity contribution in [3.05, 3.63) is 93.3 Å². The number of nitrogens with zero attached hydrogens (tertiary/aromatic N) is 1. The first-order valence-electron chi connectivity index (χ1n) is 9.73. The number of rotatable bonds is 9. The number of allylic oxidation sites excluding steroid dienone is 1. The highest BCUT2D eigenvalue weighted by Crippen LogP contribution is 2.36. The molecule has 0 bridgehead atoms. The van der Waals surface area contributed by atoms with E-state index >= 15 is 0 Å². The van der Waals surface area contributed by atoms with Gasteiger partial charge in [0.2, 0.25) is 9.84 Å². The quantitative estimate of drug-likeness (QED) is 0.167. The van der Waals surface area contributed by atoms with Gasteiger partial charge in [0, 0.05) is 19.2 Å². The molecule has 0 fully saturated rings. The summed E-state index contributed by atoms with van der Waals surface area (Å²) >= 11 is 1.26. The molecule has 5 N–H and O–H groups in total. The maximum absolute atomic E-state index is 13.8. The molecular weight excluding hydrogens is 448 g/mol. The summed E-state index contributed by atoms with van der Waals surface area (Å²) in [6.45, 7) is 3.78. The van der Waals surface area contributed by atoms with Crippen LogP contribution < -0.4 is 17.0 Å². The van der Waals surface area contributed by atoms with Gasteiger partial charge in [-0.3, -0.25) is 15.0 Å². The molecule has 1 aliphatic heterocycles. The summed E-state index contributed by atoms with van der Waals surface area (Å²) in [5.74, 6) is 4.31. The fraction of sp³-hybridized carbons (Fsp3) is 0.182. The van der Waals surface area contributed by atoms with Crippen molar-refractivity contribution in [3.8, 4) is 0 Å². The van der Waals surface area contributed by atoms with Crippen LogP contribution in [0.25, 0.3) is 0 Å². The molecule has 1 aliphatic rings. The van der Waals surface area contributed by atoms with Gasteiger partial charge in [-0.25, -0.2) is 14.3 Å². The van der Waals surface area contributed by atoms with Gasteiger partial charge in [0.25, 0.3) is 5.91 Å². The van der Waals surface area contributed by atoms with Crippen molar-refractivity contribution in [3.63, 3.8) is 0 Å². The van der Waals surface area contributed by atoms with Gasteiger partial charge >= 0.3 is 0 Å². The van der Waals surface area contributed by atoms with Crippen LogP contribution in [0.2, 0.25) is 0 Å². The second-order valence-electron chi connectivity index (χ2n) is 7.02. The number of thiophene rings is 1. The predicted octanol–water partition coefficient (Wildman–Crippen LogP) is 2.15. The Bertz CT molecular complexity index is 1170. The Morgan fingerprint density at radius 3 is 2.53 bits per heavy atom. The Morgan fingerprint density at radius 2 is 1.97 bits per heavy atom. The van der Waals surface area contributed by atoms with Crippen LogP contribution in [0.4, 0.5) is 0 Å². The normalized spacial score (nSPS) is 14.9. The van der Waals surface area contributed by atoms with Gasteiger partial charge in [0.05, 0.1) is 17.0 Å². The zero-order valence-corrected chi connectivity index (χ0v) is 18.9. The van der Waals surface area contributed by atoms with Crippen LogP contribution in [-0.2, 0) is 21.2 Å². The van der Waals surface area contributed by atoms with Crippen molar-refractivity contribution < 1.29 is 18.0 Å². The minimum absolute atomic E-state index is 0.0422. The first-order valence-corrected chi connectivity index (χ1v) is 12.2. The average molecular weight is 473 g/mol. The molecule has 3 rings (SSSR count). The molecule has 1 aromatic heterocycles. The molecular formula is C22H24N4O4S2. The zero-order valence-electron chi connectivity index (χ0n) is 17.2. The predicted molar refractivity (Wildman–Crippen MR) is 125 cm³/mol. The number of benzene rings is 1. The van der Waals surface area contributed by atoms with Crippen molar-refractivity contribution >= 4 is 32.9 Å². The molecule has 1 amide bonds. The first kappa shape index (κ1) is 23.6. The molecule has 1 unspecified atom stereocenters. The maximum Gasteiger partial charge on any atom is 0.264 e. The van der Waals surface area contributed by atoms with Crippen LogP contribution in [-0.4, -0.2) is 31.6 Å². The molecule has 0 spiro atoms. The topological polar surface area (TPSA) is 136 Å². The highest BCUT2D eigenvalue weighted by Gasteiger charge is 2.37. The third kappa shape index (κ3) is 4.73. The summed E-state index contributed by atoms with van der Waals surface area (Å²) in [7, 11) is -4.17. The minimum Gasteiger partial charge on any atom is -0.331 e. The number of ketones is 1. The largest absolute Gasteiger partial charge is 0.331 e. The number of hydrogen-bond acceptors (Lipinski definition) is 8. The van der Waals surface area contributed by atoms with E-state index in [1.165, 1.54) is 28.5 Å². The van der Waals surface area contributed by atoms with Gasteiger partial charge in [0.1, 0.15) is 10.3 Å². The molecule has 1 atom stereocenters. The Kier molecular flexibility index (Phi) is 7.41. The van der Waals surface area contributed by atoms with Gasteiger partial charge in [0.15, 0.2) is 5.78 Å². The lowest BCUT2D eigenvalue weighted by Crippen LogP contribution is -2.38. The van der Waals surface area contributed by atoms with E-state index in [0.29, 0.717) is 17.0 Å². The molecule has 32 heavy (non-hydrogen) atoms. The number of hydrazine groups is 1. The maximum atomic E-state index is 13.8. The fourth-order valence-corrected chi connectivity index (χ4v) is 6.08. The number of hydrogen-bond donors (Lipinski definition) is 3. The Morgan fingerprint density at radius 1 is 1.25 bits per heavy atom. The van der Waals surface area contributed by atoms with Gasteiger partial charge in [-0.1, -0.05) is 42.5 Å². The summed E-state index contributed by atoms with van der Waals surface area (Å²) in [6.07, 6.45) is 4.47. The van der Waals surface area contributed by atoms with E-state index in [2.05, 4.69) is 6.58 Å². The van der Waals surface area contributed by atoms with Crippen LogP contribution in [0.15, 0.2) is 77.3 Å². The first-order chi connectivity index (χ1) is 15.3. The molecule has 0 saturated carbocycles. The number of Topliss-reactive ketones (excluding diaryl/α,β-unsaturated/α-hetero) is 1. The standard InChI is InChI=1S/C22H24N4O4S2/c1-2-20(16-9-7-15(13-23)8-10-16)32(29,30)22-17(21(28)25-24)5-3-11-26(22)14-18(27)19-6-4-12-31-19/h2-4,6-12,20H,1,5,13-14,23-24H2,(H,25,28). The van der Waals surface area contributed by atoms with E-state index in [1.807, 2.05) is 5.43 Å². The van der Waals surface area contributed by atoms with Crippen LogP contribution >= 0.6 is 11.3 Å². The lowest BCUT2D eigenvalue weighted by atomic mass is 10.1. The van der Waals surface area contributed by atoms with E-state index in [0.717, 1.165) is 5.56 Å². The van der Waals surface area contributed by atoms with E-state index in [1.54, 1.807) is 47.9 Å². The average Bonchev–Trinajstić information content (AvgIpc) is 3.34. The van der Waals surface area contributed by atoms with Crippen molar-refractivity contribution in [1.82, 2.24) is 10.3 Å². The second kappa shape index (κ2) is 10.0. The van der Waals surface area contributed by atoms with Gasteiger partial charge in [-0.2, -0.15) is 0 Å². The zero-order chi connectivity index (χ0) is 23.3. The van der Waals surface area contributed by atoms with Crippen LogP contribution in [0.3, 0.4) is 0 Å². The summed E-state index contributed by atoms with van der Waals surface area (Å²) < 4.78 is 27.6.